The van der Waals surface area contributed by atoms with Crippen molar-refractivity contribution in [3.63, 3.8) is 0 Å². The first kappa shape index (κ1) is 42.0. The number of carbonyl (C=O) groups excluding carboxylic acids is 2. The number of phenols is 2. The Kier molecular flexibility index (Phi) is 12.4. The van der Waals surface area contributed by atoms with Crippen LogP contribution in [0.4, 0.5) is 34.1 Å². The van der Waals surface area contributed by atoms with Gasteiger partial charge in [-0.25, -0.2) is 0 Å². The molecule has 4 N–H and O–H groups in total. The molecule has 0 heterocycles. The maximum Gasteiger partial charge on any atom is 0.259 e. The molecule has 0 fully saturated rings. The Labute approximate surface area is 380 Å². The van der Waals surface area contributed by atoms with Crippen LogP contribution in [0.15, 0.2) is 215 Å². The fourth-order valence-corrected chi connectivity index (χ4v) is 7.25. The van der Waals surface area contributed by atoms with E-state index in [9.17, 15) is 19.8 Å². The fourth-order valence-electron chi connectivity index (χ4n) is 7.25. The number of azo groups is 2. The number of hydrogen-bond donors (Lipinski definition) is 4. The summed E-state index contributed by atoms with van der Waals surface area (Å²) >= 11 is 0. The van der Waals surface area contributed by atoms with Gasteiger partial charge in [0.1, 0.15) is 11.4 Å². The molecule has 0 aliphatic heterocycles. The summed E-state index contributed by atoms with van der Waals surface area (Å²) in [4.78, 5) is 26.3. The summed E-state index contributed by atoms with van der Waals surface area (Å²) in [5.74, 6) is -1.38. The maximum atomic E-state index is 13.2. The van der Waals surface area contributed by atoms with E-state index in [2.05, 4.69) is 31.1 Å². The first-order valence-electron chi connectivity index (χ1n) is 21.1. The van der Waals surface area contributed by atoms with E-state index in [0.717, 1.165) is 33.0 Å². The zero-order valence-corrected chi connectivity index (χ0v) is 35.3. The predicted octanol–water partition coefficient (Wildman–Crippen LogP) is 15.1. The Morgan fingerprint density at radius 2 is 0.697 bits per heavy atom. The van der Waals surface area contributed by atoms with Gasteiger partial charge >= 0.3 is 0 Å². The van der Waals surface area contributed by atoms with Gasteiger partial charge in [-0.1, -0.05) is 158 Å². The SMILES string of the molecule is O=C(Nc1ccccc1)c1cc2ccccc2c(N=Nc2ccc(C=Cc3ccc(C=Cc4ccc(N=Nc5c(O)c(C(=O)Nc6ccccc6)cc6ccccc56)cc4)cc3)cc2)c1O. The molecule has 0 aromatic heterocycles. The summed E-state index contributed by atoms with van der Waals surface area (Å²) in [6.45, 7) is 0. The van der Waals surface area contributed by atoms with Crippen molar-refractivity contribution >= 4 is 91.8 Å². The predicted molar refractivity (Wildman–Crippen MR) is 266 cm³/mol. The lowest BCUT2D eigenvalue weighted by Crippen LogP contribution is -2.12. The zero-order chi connectivity index (χ0) is 45.2. The van der Waals surface area contributed by atoms with E-state index < -0.39 is 11.8 Å². The van der Waals surface area contributed by atoms with E-state index in [1.54, 1.807) is 36.4 Å². The highest BCUT2D eigenvalue weighted by Crippen LogP contribution is 2.41. The van der Waals surface area contributed by atoms with Crippen LogP contribution in [0.1, 0.15) is 43.0 Å². The summed E-state index contributed by atoms with van der Waals surface area (Å²) in [7, 11) is 0. The minimum Gasteiger partial charge on any atom is -0.505 e. The van der Waals surface area contributed by atoms with Gasteiger partial charge in [-0.05, 0) is 93.7 Å². The average molecular weight is 861 g/mol. The van der Waals surface area contributed by atoms with Gasteiger partial charge in [0.05, 0.1) is 22.5 Å². The maximum absolute atomic E-state index is 13.2. The number of benzene rings is 9. The van der Waals surface area contributed by atoms with E-state index in [1.807, 2.05) is 182 Å². The Morgan fingerprint density at radius 3 is 1.06 bits per heavy atom. The second kappa shape index (κ2) is 19.4. The highest BCUT2D eigenvalue weighted by Gasteiger charge is 2.20. The number of anilines is 2. The van der Waals surface area contributed by atoms with Gasteiger partial charge in [0, 0.05) is 22.1 Å². The molecule has 0 atom stereocenters. The van der Waals surface area contributed by atoms with Gasteiger partial charge < -0.3 is 20.8 Å². The quantitative estimate of drug-likeness (QED) is 0.0715. The third-order valence-corrected chi connectivity index (χ3v) is 10.7. The third kappa shape index (κ3) is 9.83. The van der Waals surface area contributed by atoms with Gasteiger partial charge in [-0.15, -0.1) is 10.2 Å². The number of aromatic hydroxyl groups is 2. The number of para-hydroxylation sites is 2. The number of phenolic OH excluding ortho intramolecular Hbond substituents is 2. The van der Waals surface area contributed by atoms with E-state index in [4.69, 9.17) is 0 Å². The summed E-state index contributed by atoms with van der Waals surface area (Å²) in [5.41, 5.74) is 7.06. The normalized spacial score (nSPS) is 11.6. The molecule has 66 heavy (non-hydrogen) atoms. The van der Waals surface area contributed by atoms with Crippen LogP contribution in [0, 0.1) is 0 Å². The molecule has 2 amide bonds. The molecular weight excluding hydrogens is 821 g/mol. The monoisotopic (exact) mass is 860 g/mol. The Bertz CT molecular complexity index is 3110. The number of hydrogen-bond acceptors (Lipinski definition) is 8. The Morgan fingerprint density at radius 1 is 0.379 bits per heavy atom. The summed E-state index contributed by atoms with van der Waals surface area (Å²) in [6, 6.07) is 59.6. The second-order valence-corrected chi connectivity index (χ2v) is 15.2. The number of rotatable bonds is 12. The van der Waals surface area contributed by atoms with Crippen LogP contribution >= 0.6 is 0 Å². The van der Waals surface area contributed by atoms with Crippen molar-refractivity contribution in [1.82, 2.24) is 0 Å². The lowest BCUT2D eigenvalue weighted by Gasteiger charge is -2.11. The number of nitrogens with zero attached hydrogens (tertiary/aromatic N) is 4. The minimum atomic E-state index is -0.447. The Hall–Kier alpha value is -9.28. The smallest absolute Gasteiger partial charge is 0.259 e. The molecule has 0 aliphatic carbocycles. The standard InChI is InChI=1S/C56H40N6O4/c63-53-49(55(65)57-43-13-3-1-4-14-43)35-41-11-7-9-17-47(41)51(53)61-59-45-31-27-39(28-32-45)25-23-37-19-21-38(22-20-37)24-26-40-29-33-46(34-30-40)60-62-52-48-18-10-8-12-42(48)36-50(54(52)64)56(66)58-44-15-5-2-6-16-44/h1-36,63-64H,(H,57,65)(H,58,66). The van der Waals surface area contributed by atoms with Crippen molar-refractivity contribution in [2.75, 3.05) is 10.6 Å². The minimum absolute atomic E-state index is 0.104. The third-order valence-electron chi connectivity index (χ3n) is 10.7. The number of amides is 2. The first-order valence-corrected chi connectivity index (χ1v) is 21.1. The topological polar surface area (TPSA) is 148 Å². The molecule has 0 spiro atoms. The van der Waals surface area contributed by atoms with Crippen molar-refractivity contribution in [2.24, 2.45) is 20.5 Å². The zero-order valence-electron chi connectivity index (χ0n) is 35.3. The van der Waals surface area contributed by atoms with Crippen LogP contribution in [0.3, 0.4) is 0 Å². The van der Waals surface area contributed by atoms with Gasteiger partial charge in [-0.3, -0.25) is 9.59 Å². The second-order valence-electron chi connectivity index (χ2n) is 15.2. The lowest BCUT2D eigenvalue weighted by molar-refractivity contribution is 0.101. The van der Waals surface area contributed by atoms with Crippen LogP contribution in [-0.2, 0) is 0 Å². The average Bonchev–Trinajstić information content (AvgIpc) is 3.35. The number of nitrogens with one attached hydrogen (secondary N) is 2. The van der Waals surface area contributed by atoms with Gasteiger partial charge in [-0.2, -0.15) is 10.2 Å². The number of fused-ring (bicyclic) bond motifs is 2. The fraction of sp³-hybridized carbons (Fsp3) is 0. The summed E-state index contributed by atoms with van der Waals surface area (Å²) < 4.78 is 0. The van der Waals surface area contributed by atoms with Gasteiger partial charge in [0.25, 0.3) is 11.8 Å². The van der Waals surface area contributed by atoms with Crippen molar-refractivity contribution < 1.29 is 19.8 Å². The highest BCUT2D eigenvalue weighted by atomic mass is 16.3. The molecule has 9 aromatic carbocycles. The summed E-state index contributed by atoms with van der Waals surface area (Å²) in [6.07, 6.45) is 8.10. The van der Waals surface area contributed by atoms with Gasteiger partial charge in [0.2, 0.25) is 0 Å². The lowest BCUT2D eigenvalue weighted by atomic mass is 10.0. The van der Waals surface area contributed by atoms with E-state index in [-0.39, 0.29) is 34.0 Å². The van der Waals surface area contributed by atoms with Gasteiger partial charge in [0.15, 0.2) is 11.5 Å². The first-order chi connectivity index (χ1) is 32.3. The van der Waals surface area contributed by atoms with E-state index in [1.165, 1.54) is 0 Å². The van der Waals surface area contributed by atoms with Crippen molar-refractivity contribution in [1.29, 1.82) is 0 Å². The molecule has 0 aliphatic rings. The summed E-state index contributed by atoms with van der Waals surface area (Å²) in [5, 5.41) is 48.6. The largest absolute Gasteiger partial charge is 0.505 e. The molecular formula is C56H40N6O4. The van der Waals surface area contributed by atoms with Crippen molar-refractivity contribution in [3.05, 3.63) is 228 Å². The molecule has 9 rings (SSSR count). The molecule has 10 nitrogen and oxygen atoms in total. The van der Waals surface area contributed by atoms with Crippen LogP contribution in [0.5, 0.6) is 11.5 Å². The van der Waals surface area contributed by atoms with Crippen LogP contribution in [0.2, 0.25) is 0 Å². The van der Waals surface area contributed by atoms with Crippen LogP contribution in [-0.4, -0.2) is 22.0 Å². The van der Waals surface area contributed by atoms with Crippen LogP contribution in [0.25, 0.3) is 45.8 Å². The molecule has 9 aromatic rings. The number of carbonyl (C=O) groups is 2. The van der Waals surface area contributed by atoms with E-state index in [0.29, 0.717) is 33.5 Å². The molecule has 0 radical (unpaired) electrons. The molecule has 0 saturated heterocycles. The van der Waals surface area contributed by atoms with Crippen LogP contribution < -0.4 is 10.6 Å². The van der Waals surface area contributed by atoms with Crippen molar-refractivity contribution in [2.45, 2.75) is 0 Å². The van der Waals surface area contributed by atoms with Crippen molar-refractivity contribution in [3.8, 4) is 11.5 Å². The highest BCUT2D eigenvalue weighted by molar-refractivity contribution is 6.13. The molecule has 10 heteroatoms. The van der Waals surface area contributed by atoms with E-state index >= 15 is 0 Å². The Balaban J connectivity index is 0.825. The molecule has 0 saturated carbocycles. The molecule has 0 bridgehead atoms. The molecule has 318 valence electrons. The molecule has 0 unspecified atom stereocenters.